The Kier molecular flexibility index (Phi) is 7.96. The molecule has 0 aromatic heterocycles. The SMILES string of the molecule is ClCCCCOI. The Balaban J connectivity index is 2.45. The molecule has 0 spiro atoms. The van der Waals surface area contributed by atoms with Crippen LogP contribution in [0.3, 0.4) is 0 Å². The van der Waals surface area contributed by atoms with Crippen LogP contribution in [0.4, 0.5) is 0 Å². The fraction of sp³-hybridized carbons (Fsp3) is 1.00. The highest BCUT2D eigenvalue weighted by atomic mass is 127. The van der Waals surface area contributed by atoms with Crippen LogP contribution in [0.2, 0.25) is 0 Å². The van der Waals surface area contributed by atoms with Gasteiger partial charge in [0, 0.05) is 5.88 Å². The van der Waals surface area contributed by atoms with Gasteiger partial charge < -0.3 is 3.07 Å². The quantitative estimate of drug-likeness (QED) is 0.412. The van der Waals surface area contributed by atoms with Crippen LogP contribution in [0.5, 0.6) is 0 Å². The van der Waals surface area contributed by atoms with E-state index < -0.39 is 0 Å². The lowest BCUT2D eigenvalue weighted by Gasteiger charge is -1.89. The van der Waals surface area contributed by atoms with Crippen molar-refractivity contribution in [2.75, 3.05) is 12.5 Å². The minimum atomic E-state index is 0.750. The first-order chi connectivity index (χ1) is 3.41. The van der Waals surface area contributed by atoms with Crippen molar-refractivity contribution in [3.8, 4) is 0 Å². The molecule has 0 N–H and O–H groups in total. The Bertz CT molecular complexity index is 30.9. The number of rotatable bonds is 4. The minimum Gasteiger partial charge on any atom is -0.316 e. The topological polar surface area (TPSA) is 9.23 Å². The Morgan fingerprint density at radius 3 is 2.57 bits per heavy atom. The molecule has 0 aliphatic heterocycles. The highest BCUT2D eigenvalue weighted by Gasteiger charge is 1.82. The fourth-order valence-corrected chi connectivity index (χ4v) is 0.751. The molecule has 0 aliphatic carbocycles. The van der Waals surface area contributed by atoms with Crippen LogP contribution in [-0.2, 0) is 3.07 Å². The van der Waals surface area contributed by atoms with E-state index >= 15 is 0 Å². The van der Waals surface area contributed by atoms with Crippen molar-refractivity contribution in [1.29, 1.82) is 0 Å². The van der Waals surface area contributed by atoms with Gasteiger partial charge in [-0.2, -0.15) is 0 Å². The van der Waals surface area contributed by atoms with Crippen molar-refractivity contribution >= 4 is 34.6 Å². The standard InChI is InChI=1S/C4H8ClIO/c5-3-1-2-4-7-6/h1-4H2. The van der Waals surface area contributed by atoms with Crippen LogP contribution >= 0.6 is 34.6 Å². The Morgan fingerprint density at radius 2 is 2.14 bits per heavy atom. The smallest absolute Gasteiger partial charge is 0.109 e. The molecule has 7 heavy (non-hydrogen) atoms. The van der Waals surface area contributed by atoms with Gasteiger partial charge in [0.25, 0.3) is 0 Å². The van der Waals surface area contributed by atoms with Crippen molar-refractivity contribution in [3.63, 3.8) is 0 Å². The van der Waals surface area contributed by atoms with E-state index in [9.17, 15) is 0 Å². The third kappa shape index (κ3) is 6.98. The highest BCUT2D eigenvalue weighted by molar-refractivity contribution is 14.1. The maximum atomic E-state index is 5.38. The van der Waals surface area contributed by atoms with Crippen molar-refractivity contribution in [1.82, 2.24) is 0 Å². The molecule has 0 bridgehead atoms. The maximum absolute atomic E-state index is 5.38. The lowest BCUT2D eigenvalue weighted by Crippen LogP contribution is -1.83. The van der Waals surface area contributed by atoms with E-state index in [1.54, 1.807) is 0 Å². The minimum absolute atomic E-state index is 0.750. The lowest BCUT2D eigenvalue weighted by atomic mass is 10.4. The van der Waals surface area contributed by atoms with Crippen LogP contribution in [0, 0.1) is 0 Å². The van der Waals surface area contributed by atoms with E-state index in [1.165, 1.54) is 0 Å². The molecule has 44 valence electrons. The predicted octanol–water partition coefficient (Wildman–Crippen LogP) is 2.37. The molecule has 0 aromatic carbocycles. The summed E-state index contributed by atoms with van der Waals surface area (Å²) in [6.45, 7) is 0.827. The second-order valence-electron chi connectivity index (χ2n) is 1.21. The summed E-state index contributed by atoms with van der Waals surface area (Å²) in [5.74, 6) is 0.750. The van der Waals surface area contributed by atoms with E-state index in [1.807, 2.05) is 23.0 Å². The summed E-state index contributed by atoms with van der Waals surface area (Å²) in [5, 5.41) is 0. The molecular formula is C4H8ClIO. The first-order valence-electron chi connectivity index (χ1n) is 2.21. The summed E-state index contributed by atoms with van der Waals surface area (Å²) < 4.78 is 4.76. The molecule has 0 heterocycles. The number of halogens is 2. The molecule has 0 saturated heterocycles. The van der Waals surface area contributed by atoms with E-state index in [0.29, 0.717) is 0 Å². The van der Waals surface area contributed by atoms with Crippen molar-refractivity contribution < 1.29 is 3.07 Å². The number of alkyl halides is 1. The zero-order valence-electron chi connectivity index (χ0n) is 3.99. The van der Waals surface area contributed by atoms with Gasteiger partial charge in [0.1, 0.15) is 23.0 Å². The lowest BCUT2D eigenvalue weighted by molar-refractivity contribution is 0.412. The molecule has 0 amide bonds. The summed E-state index contributed by atoms with van der Waals surface area (Å²) in [4.78, 5) is 0. The zero-order valence-corrected chi connectivity index (χ0v) is 6.91. The van der Waals surface area contributed by atoms with Crippen LogP contribution in [0.25, 0.3) is 0 Å². The number of hydrogen-bond acceptors (Lipinski definition) is 1. The molecule has 0 aliphatic rings. The monoisotopic (exact) mass is 234 g/mol. The summed E-state index contributed by atoms with van der Waals surface area (Å²) in [5.41, 5.74) is 0. The zero-order chi connectivity index (χ0) is 5.54. The van der Waals surface area contributed by atoms with Gasteiger partial charge >= 0.3 is 0 Å². The van der Waals surface area contributed by atoms with Crippen LogP contribution in [0.1, 0.15) is 12.8 Å². The number of hydrogen-bond donors (Lipinski definition) is 0. The first-order valence-corrected chi connectivity index (χ1v) is 3.63. The Labute approximate surface area is 63.1 Å². The summed E-state index contributed by atoms with van der Waals surface area (Å²) in [7, 11) is 0. The molecule has 0 radical (unpaired) electrons. The maximum Gasteiger partial charge on any atom is 0.109 e. The van der Waals surface area contributed by atoms with E-state index in [4.69, 9.17) is 14.7 Å². The van der Waals surface area contributed by atoms with Gasteiger partial charge in [-0.05, 0) is 12.8 Å². The Hall–Kier alpha value is 0.980. The van der Waals surface area contributed by atoms with Gasteiger partial charge in [0.2, 0.25) is 0 Å². The van der Waals surface area contributed by atoms with E-state index in [0.717, 1.165) is 25.3 Å². The van der Waals surface area contributed by atoms with Gasteiger partial charge in [-0.25, -0.2) is 0 Å². The molecule has 0 aromatic rings. The van der Waals surface area contributed by atoms with Crippen molar-refractivity contribution in [3.05, 3.63) is 0 Å². The second-order valence-corrected chi connectivity index (χ2v) is 2.21. The van der Waals surface area contributed by atoms with Gasteiger partial charge in [0.05, 0.1) is 6.61 Å². The summed E-state index contributed by atoms with van der Waals surface area (Å²) in [6.07, 6.45) is 2.14. The molecular weight excluding hydrogens is 226 g/mol. The predicted molar refractivity (Wildman–Crippen MR) is 39.9 cm³/mol. The van der Waals surface area contributed by atoms with Crippen molar-refractivity contribution in [2.24, 2.45) is 0 Å². The largest absolute Gasteiger partial charge is 0.316 e. The summed E-state index contributed by atoms with van der Waals surface area (Å²) >= 11 is 7.26. The highest BCUT2D eigenvalue weighted by Crippen LogP contribution is 1.94. The van der Waals surface area contributed by atoms with Crippen LogP contribution in [-0.4, -0.2) is 12.5 Å². The molecule has 0 atom stereocenters. The molecule has 0 rings (SSSR count). The molecule has 3 heteroatoms. The second kappa shape index (κ2) is 6.98. The molecule has 1 nitrogen and oxygen atoms in total. The van der Waals surface area contributed by atoms with Gasteiger partial charge in [-0.15, -0.1) is 11.6 Å². The average molecular weight is 234 g/mol. The van der Waals surface area contributed by atoms with Gasteiger partial charge in [0.15, 0.2) is 0 Å². The van der Waals surface area contributed by atoms with E-state index in [2.05, 4.69) is 0 Å². The van der Waals surface area contributed by atoms with Crippen molar-refractivity contribution in [2.45, 2.75) is 12.8 Å². The third-order valence-corrected chi connectivity index (χ3v) is 1.31. The van der Waals surface area contributed by atoms with Gasteiger partial charge in [-0.1, -0.05) is 0 Å². The molecule has 0 unspecified atom stereocenters. The van der Waals surface area contributed by atoms with Crippen LogP contribution < -0.4 is 0 Å². The summed E-state index contributed by atoms with van der Waals surface area (Å²) in [6, 6.07) is 0. The van der Waals surface area contributed by atoms with E-state index in [-0.39, 0.29) is 0 Å². The first kappa shape index (κ1) is 7.98. The molecule has 0 saturated carbocycles. The average Bonchev–Trinajstić information content (AvgIpc) is 1.69. The third-order valence-electron chi connectivity index (χ3n) is 0.605. The number of unbranched alkanes of at least 4 members (excludes halogenated alkanes) is 1. The Morgan fingerprint density at radius 1 is 1.43 bits per heavy atom. The van der Waals surface area contributed by atoms with Gasteiger partial charge in [-0.3, -0.25) is 0 Å². The normalized spacial score (nSPS) is 9.43. The molecule has 0 fully saturated rings. The fourth-order valence-electron chi connectivity index (χ4n) is 0.251. The van der Waals surface area contributed by atoms with Crippen LogP contribution in [0.15, 0.2) is 0 Å².